The number of nitrogens with zero attached hydrogens (tertiary/aromatic N) is 3. The highest BCUT2D eigenvalue weighted by Crippen LogP contribution is 2.18. The molecule has 6 nitrogen and oxygen atoms in total. The first kappa shape index (κ1) is 19.9. The van der Waals surface area contributed by atoms with E-state index in [2.05, 4.69) is 15.4 Å². The topological polar surface area (TPSA) is 79.5 Å². The second kappa shape index (κ2) is 8.02. The van der Waals surface area contributed by atoms with Crippen LogP contribution in [0.25, 0.3) is 5.65 Å². The lowest BCUT2D eigenvalue weighted by Gasteiger charge is -2.14. The lowest BCUT2D eigenvalue weighted by atomic mass is 10.1. The smallest absolute Gasteiger partial charge is 0.220 e. The molecule has 3 rings (SSSR count). The molecule has 0 spiro atoms. The molecule has 0 saturated carbocycles. The van der Waals surface area contributed by atoms with E-state index < -0.39 is 17.7 Å². The molecule has 2 heterocycles. The van der Waals surface area contributed by atoms with Crippen LogP contribution in [0.2, 0.25) is 0 Å². The van der Waals surface area contributed by atoms with E-state index in [1.165, 1.54) is 6.07 Å². The van der Waals surface area contributed by atoms with Crippen molar-refractivity contribution in [2.45, 2.75) is 39.7 Å². The highest BCUT2D eigenvalue weighted by atomic mass is 19.2. The third-order valence-electron chi connectivity index (χ3n) is 4.71. The van der Waals surface area contributed by atoms with Gasteiger partial charge < -0.3 is 10.4 Å². The highest BCUT2D eigenvalue weighted by molar-refractivity contribution is 5.76. The number of benzene rings is 1. The van der Waals surface area contributed by atoms with Gasteiger partial charge in [0.15, 0.2) is 17.3 Å². The first-order valence-corrected chi connectivity index (χ1v) is 8.98. The van der Waals surface area contributed by atoms with Crippen LogP contribution in [0.1, 0.15) is 40.7 Å². The van der Waals surface area contributed by atoms with Crippen LogP contribution in [-0.4, -0.2) is 32.2 Å². The van der Waals surface area contributed by atoms with Crippen molar-refractivity contribution in [3.63, 3.8) is 0 Å². The summed E-state index contributed by atoms with van der Waals surface area (Å²) in [7, 11) is 0. The molecule has 2 aromatic heterocycles. The van der Waals surface area contributed by atoms with Crippen molar-refractivity contribution in [3.05, 3.63) is 64.1 Å². The molecule has 28 heavy (non-hydrogen) atoms. The minimum atomic E-state index is -1.12. The summed E-state index contributed by atoms with van der Waals surface area (Å²) >= 11 is 0. The lowest BCUT2D eigenvalue weighted by molar-refractivity contribution is -0.121. The number of fused-ring (bicyclic) bond motifs is 1. The van der Waals surface area contributed by atoms with Crippen molar-refractivity contribution in [1.82, 2.24) is 19.9 Å². The van der Waals surface area contributed by atoms with Gasteiger partial charge in [-0.25, -0.2) is 18.3 Å². The largest absolute Gasteiger partial charge is 0.387 e. The van der Waals surface area contributed by atoms with Gasteiger partial charge in [-0.05, 0) is 50.5 Å². The van der Waals surface area contributed by atoms with Crippen molar-refractivity contribution in [1.29, 1.82) is 0 Å². The molecule has 8 heteroatoms. The molecule has 0 bridgehead atoms. The summed E-state index contributed by atoms with van der Waals surface area (Å²) in [5.74, 6) is -2.27. The van der Waals surface area contributed by atoms with Crippen molar-refractivity contribution in [2.24, 2.45) is 0 Å². The molecule has 0 aliphatic rings. The Hall–Kier alpha value is -2.87. The fraction of sp³-hybridized carbons (Fsp3) is 0.350. The number of halogens is 2. The SMILES string of the molecule is Cc1cc2nc(C)c(CCC(=O)NCC(O)c3ccc(F)c(F)c3)c(C)n2n1. The average molecular weight is 388 g/mol. The number of aryl methyl sites for hydroxylation is 3. The highest BCUT2D eigenvalue weighted by Gasteiger charge is 2.15. The van der Waals surface area contributed by atoms with Crippen LogP contribution in [0.4, 0.5) is 8.78 Å². The van der Waals surface area contributed by atoms with E-state index in [0.29, 0.717) is 6.42 Å². The molecule has 2 N–H and O–H groups in total. The first-order valence-electron chi connectivity index (χ1n) is 8.98. The van der Waals surface area contributed by atoms with E-state index in [1.807, 2.05) is 26.8 Å². The van der Waals surface area contributed by atoms with Crippen LogP contribution < -0.4 is 5.32 Å². The number of hydrogen-bond acceptors (Lipinski definition) is 4. The van der Waals surface area contributed by atoms with Crippen molar-refractivity contribution in [3.8, 4) is 0 Å². The molecule has 1 atom stereocenters. The molecular weight excluding hydrogens is 366 g/mol. The quantitative estimate of drug-likeness (QED) is 0.681. The van der Waals surface area contributed by atoms with Crippen LogP contribution >= 0.6 is 0 Å². The lowest BCUT2D eigenvalue weighted by Crippen LogP contribution is -2.28. The molecule has 1 aromatic carbocycles. The van der Waals surface area contributed by atoms with E-state index in [4.69, 9.17) is 0 Å². The molecule has 0 fully saturated rings. The number of aliphatic hydroxyl groups is 1. The monoisotopic (exact) mass is 388 g/mol. The number of hydrogen-bond donors (Lipinski definition) is 2. The molecule has 1 amide bonds. The van der Waals surface area contributed by atoms with Crippen LogP contribution in [0, 0.1) is 32.4 Å². The fourth-order valence-corrected chi connectivity index (χ4v) is 3.18. The number of carbonyl (C=O) groups is 1. The molecular formula is C20H22F2N4O2. The Kier molecular flexibility index (Phi) is 5.69. The maximum atomic E-state index is 13.2. The molecule has 3 aromatic rings. The van der Waals surface area contributed by atoms with Crippen molar-refractivity contribution < 1.29 is 18.7 Å². The Morgan fingerprint density at radius 3 is 2.68 bits per heavy atom. The molecule has 0 radical (unpaired) electrons. The zero-order chi connectivity index (χ0) is 20.4. The average Bonchev–Trinajstić information content (AvgIpc) is 3.02. The van der Waals surface area contributed by atoms with E-state index in [1.54, 1.807) is 4.52 Å². The Bertz CT molecular complexity index is 1030. The Morgan fingerprint density at radius 1 is 1.21 bits per heavy atom. The number of aromatic nitrogens is 3. The van der Waals surface area contributed by atoms with Gasteiger partial charge in [-0.15, -0.1) is 0 Å². The van der Waals surface area contributed by atoms with Crippen LogP contribution in [0.15, 0.2) is 24.3 Å². The summed E-state index contributed by atoms with van der Waals surface area (Å²) in [6.45, 7) is 5.65. The molecule has 0 aliphatic carbocycles. The number of aliphatic hydroxyl groups excluding tert-OH is 1. The molecule has 148 valence electrons. The van der Waals surface area contributed by atoms with Gasteiger partial charge in [0.05, 0.1) is 11.8 Å². The van der Waals surface area contributed by atoms with Crippen molar-refractivity contribution >= 4 is 11.6 Å². The standard InChI is InChI=1S/C20H22F2N4O2/c1-11-8-19-24-12(2)15(13(3)26(19)25-11)5-7-20(28)23-10-18(27)14-4-6-16(21)17(22)9-14/h4,6,8-9,18,27H,5,7,10H2,1-3H3,(H,23,28). The van der Waals surface area contributed by atoms with Gasteiger partial charge in [0.25, 0.3) is 0 Å². The predicted molar refractivity (Wildman–Crippen MR) is 99.8 cm³/mol. The molecule has 0 aliphatic heterocycles. The van der Waals surface area contributed by atoms with E-state index in [0.717, 1.165) is 40.4 Å². The summed E-state index contributed by atoms with van der Waals surface area (Å²) in [5, 5.41) is 17.1. The summed E-state index contributed by atoms with van der Waals surface area (Å²) in [4.78, 5) is 16.7. The zero-order valence-corrected chi connectivity index (χ0v) is 16.0. The van der Waals surface area contributed by atoms with Gasteiger partial charge in [-0.3, -0.25) is 4.79 Å². The number of nitrogens with one attached hydrogen (secondary N) is 1. The zero-order valence-electron chi connectivity index (χ0n) is 16.0. The van der Waals surface area contributed by atoms with Gasteiger partial charge in [-0.2, -0.15) is 5.10 Å². The first-order chi connectivity index (χ1) is 13.3. The Morgan fingerprint density at radius 2 is 1.96 bits per heavy atom. The maximum absolute atomic E-state index is 13.2. The van der Waals surface area contributed by atoms with E-state index >= 15 is 0 Å². The summed E-state index contributed by atoms with van der Waals surface area (Å²) in [6.07, 6.45) is -0.431. The van der Waals surface area contributed by atoms with Gasteiger partial charge in [-0.1, -0.05) is 6.07 Å². The van der Waals surface area contributed by atoms with E-state index in [-0.39, 0.29) is 24.4 Å². The summed E-state index contributed by atoms with van der Waals surface area (Å²) in [6, 6.07) is 5.05. The fourth-order valence-electron chi connectivity index (χ4n) is 3.18. The van der Waals surface area contributed by atoms with Gasteiger partial charge >= 0.3 is 0 Å². The molecule has 1 unspecified atom stereocenters. The number of rotatable bonds is 6. The minimum Gasteiger partial charge on any atom is -0.387 e. The summed E-state index contributed by atoms with van der Waals surface area (Å²) < 4.78 is 28.0. The Balaban J connectivity index is 1.60. The number of amides is 1. The third kappa shape index (κ3) is 4.17. The van der Waals surface area contributed by atoms with Crippen molar-refractivity contribution in [2.75, 3.05) is 6.54 Å². The van der Waals surface area contributed by atoms with Gasteiger partial charge in [0.2, 0.25) is 5.91 Å². The number of carbonyl (C=O) groups excluding carboxylic acids is 1. The van der Waals surface area contributed by atoms with Crippen LogP contribution in [0.3, 0.4) is 0 Å². The second-order valence-corrected chi connectivity index (χ2v) is 6.81. The normalized spacial score (nSPS) is 12.4. The van der Waals surface area contributed by atoms with E-state index in [9.17, 15) is 18.7 Å². The van der Waals surface area contributed by atoms with Gasteiger partial charge in [0.1, 0.15) is 0 Å². The third-order valence-corrected chi connectivity index (χ3v) is 4.71. The minimum absolute atomic E-state index is 0.0858. The second-order valence-electron chi connectivity index (χ2n) is 6.81. The van der Waals surface area contributed by atoms with Gasteiger partial charge in [0, 0.05) is 30.4 Å². The molecule has 0 saturated heterocycles. The Labute approximate surface area is 161 Å². The van der Waals surface area contributed by atoms with Crippen LogP contribution in [0.5, 0.6) is 0 Å². The predicted octanol–water partition coefficient (Wildman–Crippen LogP) is 2.72. The maximum Gasteiger partial charge on any atom is 0.220 e. The van der Waals surface area contributed by atoms with Crippen LogP contribution in [-0.2, 0) is 11.2 Å². The summed E-state index contributed by atoms with van der Waals surface area (Å²) in [5.41, 5.74) is 4.58.